The zero-order valence-corrected chi connectivity index (χ0v) is 9.09. The van der Waals surface area contributed by atoms with Crippen LogP contribution in [-0.4, -0.2) is 5.78 Å². The number of hydrogen-bond acceptors (Lipinski definition) is 1. The van der Waals surface area contributed by atoms with Gasteiger partial charge in [0.1, 0.15) is 11.6 Å². The number of Topliss-reactive ketones (excluding diaryl/α,β-unsaturated/α-hetero) is 1. The van der Waals surface area contributed by atoms with Crippen LogP contribution >= 0.6 is 0 Å². The Morgan fingerprint density at radius 3 is 2.87 bits per heavy atom. The monoisotopic (exact) mass is 206 g/mol. The number of rotatable bonds is 3. The second-order valence-corrected chi connectivity index (χ2v) is 4.28. The molecule has 0 saturated heterocycles. The summed E-state index contributed by atoms with van der Waals surface area (Å²) in [6.45, 7) is 3.66. The van der Waals surface area contributed by atoms with Crippen molar-refractivity contribution in [2.45, 2.75) is 32.6 Å². The zero-order chi connectivity index (χ0) is 11.0. The fourth-order valence-electron chi connectivity index (χ4n) is 2.08. The molecule has 1 aliphatic carbocycles. The molecule has 2 unspecified atom stereocenters. The number of ketones is 1. The Morgan fingerprint density at radius 1 is 1.53 bits per heavy atom. The van der Waals surface area contributed by atoms with Crippen LogP contribution in [0.25, 0.3) is 0 Å². The highest BCUT2D eigenvalue weighted by atomic mass is 19.1. The topological polar surface area (TPSA) is 17.1 Å². The molecule has 15 heavy (non-hydrogen) atoms. The lowest BCUT2D eigenvalue weighted by molar-refractivity contribution is -0.120. The fourth-order valence-corrected chi connectivity index (χ4v) is 2.08. The van der Waals surface area contributed by atoms with E-state index in [1.165, 1.54) is 6.07 Å². The van der Waals surface area contributed by atoms with Crippen molar-refractivity contribution >= 4 is 5.78 Å². The van der Waals surface area contributed by atoms with Crippen LogP contribution in [0.1, 0.15) is 36.8 Å². The van der Waals surface area contributed by atoms with Crippen molar-refractivity contribution in [3.05, 3.63) is 35.1 Å². The first kappa shape index (κ1) is 10.3. The lowest BCUT2D eigenvalue weighted by Gasteiger charge is -2.02. The van der Waals surface area contributed by atoms with Gasteiger partial charge in [0.2, 0.25) is 0 Å². The summed E-state index contributed by atoms with van der Waals surface area (Å²) in [5.41, 5.74) is 1.78. The van der Waals surface area contributed by atoms with Crippen LogP contribution in [0.3, 0.4) is 0 Å². The van der Waals surface area contributed by atoms with Gasteiger partial charge in [-0.05, 0) is 36.5 Å². The highest BCUT2D eigenvalue weighted by molar-refractivity contribution is 5.84. The average molecular weight is 206 g/mol. The Hall–Kier alpha value is -1.18. The van der Waals surface area contributed by atoms with E-state index < -0.39 is 0 Å². The van der Waals surface area contributed by atoms with Gasteiger partial charge in [-0.1, -0.05) is 19.1 Å². The first-order valence-electron chi connectivity index (χ1n) is 5.42. The molecule has 0 bridgehead atoms. The highest BCUT2D eigenvalue weighted by Crippen LogP contribution is 2.48. The molecule has 1 aromatic rings. The lowest BCUT2D eigenvalue weighted by Crippen LogP contribution is -1.99. The third-order valence-electron chi connectivity index (χ3n) is 3.16. The molecule has 0 spiro atoms. The zero-order valence-electron chi connectivity index (χ0n) is 9.09. The summed E-state index contributed by atoms with van der Waals surface area (Å²) in [4.78, 5) is 11.4. The number of hydrogen-bond donors (Lipinski definition) is 0. The molecule has 0 radical (unpaired) electrons. The van der Waals surface area contributed by atoms with Crippen LogP contribution in [0.15, 0.2) is 18.2 Å². The van der Waals surface area contributed by atoms with E-state index in [0.717, 1.165) is 12.0 Å². The number of carbonyl (C=O) groups is 1. The first-order chi connectivity index (χ1) is 7.13. The van der Waals surface area contributed by atoms with Crippen molar-refractivity contribution < 1.29 is 9.18 Å². The van der Waals surface area contributed by atoms with Gasteiger partial charge in [-0.15, -0.1) is 0 Å². The Morgan fingerprint density at radius 2 is 2.27 bits per heavy atom. The van der Waals surface area contributed by atoms with Gasteiger partial charge in [-0.25, -0.2) is 4.39 Å². The smallest absolute Gasteiger partial charge is 0.136 e. The van der Waals surface area contributed by atoms with E-state index >= 15 is 0 Å². The van der Waals surface area contributed by atoms with E-state index in [1.54, 1.807) is 13.0 Å². The predicted octanol–water partition coefficient (Wildman–Crippen LogP) is 3.22. The van der Waals surface area contributed by atoms with Gasteiger partial charge in [0.05, 0.1) is 0 Å². The maximum Gasteiger partial charge on any atom is 0.136 e. The van der Waals surface area contributed by atoms with Gasteiger partial charge in [-0.2, -0.15) is 0 Å². The number of aryl methyl sites for hydroxylation is 1. The third-order valence-corrected chi connectivity index (χ3v) is 3.16. The van der Waals surface area contributed by atoms with Crippen LogP contribution < -0.4 is 0 Å². The first-order valence-corrected chi connectivity index (χ1v) is 5.42. The third kappa shape index (κ3) is 1.94. The van der Waals surface area contributed by atoms with Gasteiger partial charge < -0.3 is 0 Å². The molecule has 0 amide bonds. The van der Waals surface area contributed by atoms with Crippen molar-refractivity contribution in [3.63, 3.8) is 0 Å². The van der Waals surface area contributed by atoms with Gasteiger partial charge >= 0.3 is 0 Å². The van der Waals surface area contributed by atoms with Crippen LogP contribution in [0.5, 0.6) is 0 Å². The van der Waals surface area contributed by atoms with Crippen molar-refractivity contribution in [1.29, 1.82) is 0 Å². The normalized spacial score (nSPS) is 23.9. The number of halogens is 1. The molecule has 0 heterocycles. The Balaban J connectivity index is 2.13. The summed E-state index contributed by atoms with van der Waals surface area (Å²) >= 11 is 0. The molecule has 1 aliphatic rings. The summed E-state index contributed by atoms with van der Waals surface area (Å²) in [5.74, 6) is 0.705. The van der Waals surface area contributed by atoms with E-state index in [1.807, 2.05) is 13.0 Å². The molecular formula is C13H15FO. The largest absolute Gasteiger partial charge is 0.299 e. The van der Waals surface area contributed by atoms with Gasteiger partial charge in [0.15, 0.2) is 0 Å². The van der Waals surface area contributed by atoms with Crippen molar-refractivity contribution in [3.8, 4) is 0 Å². The molecule has 80 valence electrons. The quantitative estimate of drug-likeness (QED) is 0.742. The van der Waals surface area contributed by atoms with Gasteiger partial charge in [-0.3, -0.25) is 4.79 Å². The summed E-state index contributed by atoms with van der Waals surface area (Å²) in [7, 11) is 0. The molecular weight excluding hydrogens is 191 g/mol. The van der Waals surface area contributed by atoms with E-state index in [-0.39, 0.29) is 11.7 Å². The second-order valence-electron chi connectivity index (χ2n) is 4.28. The Kier molecular flexibility index (Phi) is 2.59. The molecule has 1 aromatic carbocycles. The van der Waals surface area contributed by atoms with Crippen LogP contribution in [0.2, 0.25) is 0 Å². The Labute approximate surface area is 89.3 Å². The van der Waals surface area contributed by atoms with Gasteiger partial charge in [0, 0.05) is 12.3 Å². The average Bonchev–Trinajstić information content (AvgIpc) is 3.01. The van der Waals surface area contributed by atoms with Crippen molar-refractivity contribution in [2.24, 2.45) is 5.92 Å². The van der Waals surface area contributed by atoms with E-state index in [9.17, 15) is 9.18 Å². The fraction of sp³-hybridized carbons (Fsp3) is 0.462. The standard InChI is InChI=1S/C13H15FO/c1-3-13(15)11-7-10(11)9-4-5-12(14)8(2)6-9/h4-6,10-11H,3,7H2,1-2H3. The minimum Gasteiger partial charge on any atom is -0.299 e. The minimum absolute atomic E-state index is 0.169. The molecule has 0 aromatic heterocycles. The van der Waals surface area contributed by atoms with Crippen molar-refractivity contribution in [2.75, 3.05) is 0 Å². The van der Waals surface area contributed by atoms with Gasteiger partial charge in [0.25, 0.3) is 0 Å². The molecule has 2 heteroatoms. The molecule has 1 fully saturated rings. The maximum atomic E-state index is 13.0. The SMILES string of the molecule is CCC(=O)C1CC1c1ccc(F)c(C)c1. The van der Waals surface area contributed by atoms with E-state index in [0.29, 0.717) is 23.7 Å². The van der Waals surface area contributed by atoms with Crippen molar-refractivity contribution in [1.82, 2.24) is 0 Å². The number of carbonyl (C=O) groups excluding carboxylic acids is 1. The lowest BCUT2D eigenvalue weighted by atomic mass is 10.0. The summed E-state index contributed by atoms with van der Waals surface area (Å²) in [6, 6.07) is 5.16. The van der Waals surface area contributed by atoms with E-state index in [2.05, 4.69) is 0 Å². The molecule has 1 saturated carbocycles. The second kappa shape index (κ2) is 3.76. The summed E-state index contributed by atoms with van der Waals surface area (Å²) in [5, 5.41) is 0. The van der Waals surface area contributed by atoms with Crippen LogP contribution in [0.4, 0.5) is 4.39 Å². The molecule has 1 nitrogen and oxygen atoms in total. The highest BCUT2D eigenvalue weighted by Gasteiger charge is 2.42. The Bertz CT molecular complexity index is 398. The summed E-state index contributed by atoms with van der Waals surface area (Å²) in [6.07, 6.45) is 1.55. The van der Waals surface area contributed by atoms with Crippen LogP contribution in [0, 0.1) is 18.7 Å². The molecule has 2 atom stereocenters. The maximum absolute atomic E-state index is 13.0. The summed E-state index contributed by atoms with van der Waals surface area (Å²) < 4.78 is 13.0. The molecule has 0 aliphatic heterocycles. The molecule has 0 N–H and O–H groups in total. The minimum atomic E-state index is -0.169. The predicted molar refractivity (Wildman–Crippen MR) is 57.3 cm³/mol. The van der Waals surface area contributed by atoms with E-state index in [4.69, 9.17) is 0 Å². The molecule has 2 rings (SSSR count). The van der Waals surface area contributed by atoms with Crippen LogP contribution in [-0.2, 0) is 4.79 Å². The number of benzene rings is 1.